The van der Waals surface area contributed by atoms with Crippen molar-refractivity contribution in [3.63, 3.8) is 0 Å². The Balaban J connectivity index is 1.28. The van der Waals surface area contributed by atoms with E-state index in [1.165, 1.54) is 0 Å². The molecule has 0 unspecified atom stereocenters. The Morgan fingerprint density at radius 3 is 0.907 bits per heavy atom. The van der Waals surface area contributed by atoms with Crippen molar-refractivity contribution in [1.82, 2.24) is 29.9 Å². The van der Waals surface area contributed by atoms with E-state index in [9.17, 15) is 0 Å². The van der Waals surface area contributed by atoms with Crippen LogP contribution in [-0.4, -0.2) is 29.9 Å². The molecule has 6 aromatic heterocycles. The molecule has 0 bridgehead atoms. The van der Waals surface area contributed by atoms with Crippen molar-refractivity contribution >= 4 is 55.8 Å². The number of hydrogen-bond acceptors (Lipinski definition) is 4. The fourth-order valence-corrected chi connectivity index (χ4v) is 10.1. The van der Waals surface area contributed by atoms with Gasteiger partial charge in [-0.25, -0.2) is 0 Å². The summed E-state index contributed by atoms with van der Waals surface area (Å²) in [6.45, 7) is 0. The second kappa shape index (κ2) is 9.69. The Morgan fingerprint density at radius 2 is 0.593 bits per heavy atom. The number of H-pyrrole nitrogens is 6. The highest BCUT2D eigenvalue weighted by atomic mass is 15.0. The van der Waals surface area contributed by atoms with Crippen LogP contribution in [0.5, 0.6) is 0 Å². The number of anilines is 4. The van der Waals surface area contributed by atoms with E-state index in [-0.39, 0.29) is 0 Å². The van der Waals surface area contributed by atoms with Gasteiger partial charge >= 0.3 is 0 Å². The molecule has 12 rings (SSSR count). The highest BCUT2D eigenvalue weighted by molar-refractivity contribution is 6.10. The van der Waals surface area contributed by atoms with Gasteiger partial charge in [0.15, 0.2) is 0 Å². The molecule has 0 fully saturated rings. The van der Waals surface area contributed by atoms with E-state index < -0.39 is 10.8 Å². The van der Waals surface area contributed by atoms with Crippen molar-refractivity contribution in [3.8, 4) is 22.8 Å². The molecule has 54 heavy (non-hydrogen) atoms. The van der Waals surface area contributed by atoms with Crippen molar-refractivity contribution in [2.24, 2.45) is 0 Å². The monoisotopic (exact) mass is 702 g/mol. The van der Waals surface area contributed by atoms with E-state index in [4.69, 9.17) is 22.9 Å². The molecule has 0 saturated carbocycles. The highest BCUT2D eigenvalue weighted by Crippen LogP contribution is 2.64. The average Bonchev–Trinajstić information content (AvgIpc) is 4.03. The summed E-state index contributed by atoms with van der Waals surface area (Å²) in [6.07, 6.45) is 3.98. The van der Waals surface area contributed by atoms with Gasteiger partial charge in [0.2, 0.25) is 0 Å². The number of nitrogens with two attached hydrogens (primary N) is 4. The third-order valence-corrected chi connectivity index (χ3v) is 12.1. The minimum Gasteiger partial charge on any atom is -0.399 e. The van der Waals surface area contributed by atoms with Gasteiger partial charge in [-0.1, -0.05) is 48.5 Å². The summed E-state index contributed by atoms with van der Waals surface area (Å²) < 4.78 is 0. The maximum absolute atomic E-state index is 6.35. The van der Waals surface area contributed by atoms with E-state index in [0.29, 0.717) is 22.7 Å². The standard InChI is InChI=1S/C44H34N10/c45-25-9-1-21(2-10-25)43(22-3-11-26(46)12-4-22)31-35-29(17-19-49-35)51-37(31)39-33(43)41-42(53-39)34-40(54-41)38-32(36-30(52-38)18-20-50-36)44(34,23-5-13-27(47)14-6-23)24-7-15-28(48)16-8-24/h1-20,49-54H,45-48H2. The largest absolute Gasteiger partial charge is 0.399 e. The lowest BCUT2D eigenvalue weighted by Gasteiger charge is -2.33. The van der Waals surface area contributed by atoms with E-state index >= 15 is 0 Å². The van der Waals surface area contributed by atoms with Crippen molar-refractivity contribution in [2.45, 2.75) is 10.8 Å². The molecule has 0 atom stereocenters. The molecule has 260 valence electrons. The first-order valence-corrected chi connectivity index (χ1v) is 18.0. The number of fused-ring (bicyclic) bond motifs is 13. The van der Waals surface area contributed by atoms with Gasteiger partial charge in [0, 0.05) is 57.4 Å². The molecule has 2 aliphatic carbocycles. The average molecular weight is 703 g/mol. The number of nitrogen functional groups attached to an aromatic ring is 4. The summed E-state index contributed by atoms with van der Waals surface area (Å²) in [5.74, 6) is 0. The molecule has 0 radical (unpaired) electrons. The highest BCUT2D eigenvalue weighted by Gasteiger charge is 2.56. The van der Waals surface area contributed by atoms with Gasteiger partial charge in [0.1, 0.15) is 0 Å². The van der Waals surface area contributed by atoms with E-state index in [2.05, 4.69) is 90.6 Å². The molecule has 6 heterocycles. The van der Waals surface area contributed by atoms with E-state index in [0.717, 1.165) is 100 Å². The van der Waals surface area contributed by atoms with Gasteiger partial charge in [-0.3, -0.25) is 0 Å². The van der Waals surface area contributed by atoms with E-state index in [1.54, 1.807) is 0 Å². The zero-order valence-electron chi connectivity index (χ0n) is 28.9. The van der Waals surface area contributed by atoms with Crippen LogP contribution in [0.4, 0.5) is 22.7 Å². The van der Waals surface area contributed by atoms with Crippen LogP contribution >= 0.6 is 0 Å². The van der Waals surface area contributed by atoms with Crippen LogP contribution in [0.2, 0.25) is 0 Å². The van der Waals surface area contributed by atoms with Crippen molar-refractivity contribution in [1.29, 1.82) is 0 Å². The molecule has 10 nitrogen and oxygen atoms in total. The summed E-state index contributed by atoms with van der Waals surface area (Å²) in [4.78, 5) is 22.9. The van der Waals surface area contributed by atoms with Crippen LogP contribution < -0.4 is 22.9 Å². The fourth-order valence-electron chi connectivity index (χ4n) is 10.1. The lowest BCUT2D eigenvalue weighted by molar-refractivity contribution is 0.780. The normalized spacial score (nSPS) is 14.9. The number of hydrogen-bond donors (Lipinski definition) is 10. The van der Waals surface area contributed by atoms with Crippen molar-refractivity contribution in [2.75, 3.05) is 22.9 Å². The zero-order chi connectivity index (χ0) is 36.1. The number of benzene rings is 4. The molecular weight excluding hydrogens is 669 g/mol. The van der Waals surface area contributed by atoms with Crippen LogP contribution in [0.3, 0.4) is 0 Å². The first-order chi connectivity index (χ1) is 26.4. The molecule has 0 aliphatic heterocycles. The van der Waals surface area contributed by atoms with E-state index in [1.807, 2.05) is 60.9 Å². The molecular formula is C44H34N10. The molecule has 10 aromatic rings. The van der Waals surface area contributed by atoms with Crippen molar-refractivity contribution in [3.05, 3.63) is 166 Å². The Morgan fingerprint density at radius 1 is 0.315 bits per heavy atom. The van der Waals surface area contributed by atoms with Gasteiger partial charge < -0.3 is 52.8 Å². The van der Waals surface area contributed by atoms with Crippen LogP contribution in [0, 0.1) is 0 Å². The van der Waals surface area contributed by atoms with Gasteiger partial charge in [0.05, 0.1) is 66.7 Å². The molecule has 2 aliphatic rings. The molecule has 0 saturated heterocycles. The Kier molecular flexibility index (Phi) is 5.23. The fraction of sp³-hybridized carbons (Fsp3) is 0.0455. The van der Waals surface area contributed by atoms with Gasteiger partial charge in [-0.15, -0.1) is 0 Å². The van der Waals surface area contributed by atoms with Crippen LogP contribution in [-0.2, 0) is 10.8 Å². The maximum atomic E-state index is 6.35. The number of aromatic amines is 6. The van der Waals surface area contributed by atoms with Gasteiger partial charge in [-0.05, 0) is 82.9 Å². The summed E-state index contributed by atoms with van der Waals surface area (Å²) >= 11 is 0. The summed E-state index contributed by atoms with van der Waals surface area (Å²) in [6, 6.07) is 37.3. The predicted molar refractivity (Wildman–Crippen MR) is 217 cm³/mol. The predicted octanol–water partition coefficient (Wildman–Crippen LogP) is 8.17. The first-order valence-electron chi connectivity index (χ1n) is 18.0. The summed E-state index contributed by atoms with van der Waals surface area (Å²) in [5.41, 5.74) is 45.9. The number of aromatic nitrogens is 6. The van der Waals surface area contributed by atoms with Gasteiger partial charge in [0.25, 0.3) is 0 Å². The number of rotatable bonds is 4. The second-order valence-corrected chi connectivity index (χ2v) is 14.8. The zero-order valence-corrected chi connectivity index (χ0v) is 28.9. The summed E-state index contributed by atoms with van der Waals surface area (Å²) in [5, 5.41) is 0. The quantitative estimate of drug-likeness (QED) is 0.0826. The second-order valence-electron chi connectivity index (χ2n) is 14.8. The minimum atomic E-state index is -0.762. The van der Waals surface area contributed by atoms with Gasteiger partial charge in [-0.2, -0.15) is 0 Å². The third-order valence-electron chi connectivity index (χ3n) is 12.1. The SMILES string of the molecule is Nc1ccc(C2(c3ccc(N)cc3)c3c([nH]c4cc[nH]c34)-c3[nH]c4c5c([nH]c4c32)-c2[nH]c3cc[nH]c3c2C5(c2ccc(N)cc2)c2ccc(N)cc2)cc1. The number of nitrogens with one attached hydrogen (secondary N) is 6. The van der Waals surface area contributed by atoms with Crippen molar-refractivity contribution < 1.29 is 0 Å². The molecule has 10 heteroatoms. The molecule has 4 aromatic carbocycles. The first kappa shape index (κ1) is 29.2. The lowest BCUT2D eigenvalue weighted by atomic mass is 9.67. The smallest absolute Gasteiger partial charge is 0.0786 e. The Labute approximate surface area is 307 Å². The molecule has 0 amide bonds. The van der Waals surface area contributed by atoms with Crippen LogP contribution in [0.15, 0.2) is 122 Å². The molecule has 0 spiro atoms. The summed E-state index contributed by atoms with van der Waals surface area (Å²) in [7, 11) is 0. The molecule has 14 N–H and O–H groups in total. The minimum absolute atomic E-state index is 0.702. The topological polar surface area (TPSA) is 199 Å². The maximum Gasteiger partial charge on any atom is 0.0786 e. The van der Waals surface area contributed by atoms with Crippen LogP contribution in [0.25, 0.3) is 55.9 Å². The Hall–Kier alpha value is -7.46. The Bertz CT molecular complexity index is 2820. The third kappa shape index (κ3) is 3.28. The lowest BCUT2D eigenvalue weighted by Crippen LogP contribution is -2.29. The van der Waals surface area contributed by atoms with Crippen LogP contribution in [0.1, 0.15) is 44.5 Å².